The van der Waals surface area contributed by atoms with Gasteiger partial charge in [-0.3, -0.25) is 0 Å². The van der Waals surface area contributed by atoms with Crippen LogP contribution < -0.4 is 11.1 Å². The van der Waals surface area contributed by atoms with Gasteiger partial charge in [-0.2, -0.15) is 0 Å². The number of nitrogens with one attached hydrogen (secondary N) is 1. The van der Waals surface area contributed by atoms with Crippen molar-refractivity contribution in [3.63, 3.8) is 0 Å². The molecule has 4 fully saturated rings. The molecule has 0 radical (unpaired) electrons. The first kappa shape index (κ1) is 22.0. The zero-order chi connectivity index (χ0) is 20.6. The number of rotatable bonds is 7. The van der Waals surface area contributed by atoms with Crippen LogP contribution in [0.4, 0.5) is 0 Å². The first-order valence-electron chi connectivity index (χ1n) is 12.7. The van der Waals surface area contributed by atoms with Crippen molar-refractivity contribution < 1.29 is 10.2 Å². The lowest BCUT2D eigenvalue weighted by Crippen LogP contribution is -2.58. The summed E-state index contributed by atoms with van der Waals surface area (Å²) in [7, 11) is 0. The van der Waals surface area contributed by atoms with Crippen LogP contribution in [0, 0.1) is 40.4 Å². The quantitative estimate of drug-likeness (QED) is 0.486. The van der Waals surface area contributed by atoms with Crippen molar-refractivity contribution in [2.24, 2.45) is 46.2 Å². The van der Waals surface area contributed by atoms with Gasteiger partial charge in [-0.05, 0) is 105 Å². The molecular weight excluding hydrogens is 360 g/mol. The molecule has 0 aliphatic heterocycles. The summed E-state index contributed by atoms with van der Waals surface area (Å²) in [4.78, 5) is 0. The first-order chi connectivity index (χ1) is 13.9. The highest BCUT2D eigenvalue weighted by molar-refractivity contribution is 5.11. The normalized spacial score (nSPS) is 47.9. The van der Waals surface area contributed by atoms with E-state index in [0.29, 0.717) is 35.1 Å². The average molecular weight is 407 g/mol. The molecular formula is C25H46N2O2. The second kappa shape index (κ2) is 8.76. The van der Waals surface area contributed by atoms with Gasteiger partial charge >= 0.3 is 0 Å². The summed E-state index contributed by atoms with van der Waals surface area (Å²) >= 11 is 0. The van der Waals surface area contributed by atoms with Gasteiger partial charge in [0.15, 0.2) is 0 Å². The second-order valence-corrected chi connectivity index (χ2v) is 11.5. The minimum atomic E-state index is -0.0848. The molecule has 0 saturated heterocycles. The third-order valence-corrected chi connectivity index (χ3v) is 10.4. The maximum Gasteiger partial charge on any atom is 0.0577 e. The monoisotopic (exact) mass is 406 g/mol. The minimum Gasteiger partial charge on any atom is -0.395 e. The van der Waals surface area contributed by atoms with Gasteiger partial charge in [0.25, 0.3) is 0 Å². The van der Waals surface area contributed by atoms with Crippen LogP contribution >= 0.6 is 0 Å². The lowest BCUT2D eigenvalue weighted by molar-refractivity contribution is -0.163. The molecule has 0 aromatic rings. The van der Waals surface area contributed by atoms with Gasteiger partial charge in [0, 0.05) is 12.6 Å². The van der Waals surface area contributed by atoms with Crippen LogP contribution in [-0.2, 0) is 0 Å². The van der Waals surface area contributed by atoms with Crippen molar-refractivity contribution in [3.05, 3.63) is 0 Å². The molecule has 0 aromatic heterocycles. The van der Waals surface area contributed by atoms with Crippen molar-refractivity contribution in [1.82, 2.24) is 5.32 Å². The van der Waals surface area contributed by atoms with E-state index in [-0.39, 0.29) is 18.8 Å². The maximum atomic E-state index is 11.3. The van der Waals surface area contributed by atoms with Crippen molar-refractivity contribution in [2.45, 2.75) is 96.6 Å². The van der Waals surface area contributed by atoms with Gasteiger partial charge in [-0.15, -0.1) is 0 Å². The Kier molecular flexibility index (Phi) is 6.66. The summed E-state index contributed by atoms with van der Waals surface area (Å²) in [6.07, 6.45) is 13.8. The lowest BCUT2D eigenvalue weighted by atomic mass is 9.44. The fourth-order valence-corrected chi connectivity index (χ4v) is 8.87. The average Bonchev–Trinajstić information content (AvgIpc) is 3.05. The number of fused-ring (bicyclic) bond motifs is 5. The maximum absolute atomic E-state index is 11.3. The predicted octanol–water partition coefficient (Wildman–Crippen LogP) is 3.70. The topological polar surface area (TPSA) is 78.5 Å². The smallest absolute Gasteiger partial charge is 0.0577 e. The van der Waals surface area contributed by atoms with E-state index in [9.17, 15) is 5.11 Å². The molecule has 7 unspecified atom stereocenters. The molecule has 4 rings (SSSR count). The van der Waals surface area contributed by atoms with Gasteiger partial charge in [-0.25, -0.2) is 0 Å². The van der Waals surface area contributed by atoms with E-state index in [1.54, 1.807) is 0 Å². The standard InChI is InChI=1S/C25H46N2O2/c1-24-11-4-3-6-17(24)16-22(29)23-19-9-8-18(25(19,2)12-10-20(23)24)21(26)7-5-13-27-14-15-28/h17-23,27-29H,3-16,26H2,1-2H3/t17?,18?,19-,20?,21+,22?,23?,24?,25?/m0/s1. The molecule has 4 saturated carbocycles. The van der Waals surface area contributed by atoms with Gasteiger partial charge in [0.05, 0.1) is 12.7 Å². The van der Waals surface area contributed by atoms with Crippen LogP contribution in [-0.4, -0.2) is 42.1 Å². The molecule has 4 aliphatic rings. The van der Waals surface area contributed by atoms with E-state index in [0.717, 1.165) is 37.6 Å². The molecule has 0 bridgehead atoms. The molecule has 4 heteroatoms. The van der Waals surface area contributed by atoms with E-state index in [2.05, 4.69) is 19.2 Å². The van der Waals surface area contributed by atoms with E-state index < -0.39 is 0 Å². The summed E-state index contributed by atoms with van der Waals surface area (Å²) in [5.74, 6) is 3.27. The summed E-state index contributed by atoms with van der Waals surface area (Å²) in [6.45, 7) is 6.95. The van der Waals surface area contributed by atoms with E-state index in [1.165, 1.54) is 51.4 Å². The Balaban J connectivity index is 1.45. The van der Waals surface area contributed by atoms with Crippen LogP contribution in [0.15, 0.2) is 0 Å². The number of hydrogen-bond acceptors (Lipinski definition) is 4. The first-order valence-corrected chi connectivity index (χ1v) is 12.7. The summed E-state index contributed by atoms with van der Waals surface area (Å²) < 4.78 is 0. The molecule has 4 nitrogen and oxygen atoms in total. The van der Waals surface area contributed by atoms with Crippen LogP contribution in [0.3, 0.4) is 0 Å². The largest absolute Gasteiger partial charge is 0.395 e. The SMILES string of the molecule is CC12CCCCC1CC(O)C1C2CCC2(C)C([C@H](N)CCCNCCO)CC[C@@H]12. The number of nitrogens with two attached hydrogens (primary N) is 1. The Morgan fingerprint density at radius 3 is 2.59 bits per heavy atom. The zero-order valence-electron chi connectivity index (χ0n) is 18.9. The summed E-state index contributed by atoms with van der Waals surface area (Å²) in [5, 5.41) is 23.5. The van der Waals surface area contributed by atoms with Gasteiger partial charge in [-0.1, -0.05) is 26.7 Å². The molecule has 9 atom stereocenters. The van der Waals surface area contributed by atoms with Gasteiger partial charge in [0.1, 0.15) is 0 Å². The van der Waals surface area contributed by atoms with Crippen LogP contribution in [0.1, 0.15) is 84.5 Å². The number of aliphatic hydroxyl groups excluding tert-OH is 2. The molecule has 0 amide bonds. The fourth-order valence-electron chi connectivity index (χ4n) is 8.87. The minimum absolute atomic E-state index is 0.0848. The van der Waals surface area contributed by atoms with Crippen molar-refractivity contribution in [1.29, 1.82) is 0 Å². The molecule has 0 aromatic carbocycles. The molecule has 29 heavy (non-hydrogen) atoms. The highest BCUT2D eigenvalue weighted by Gasteiger charge is 2.62. The Bertz CT molecular complexity index is 557. The molecule has 0 spiro atoms. The van der Waals surface area contributed by atoms with Crippen molar-refractivity contribution in [3.8, 4) is 0 Å². The second-order valence-electron chi connectivity index (χ2n) is 11.5. The zero-order valence-corrected chi connectivity index (χ0v) is 18.9. The summed E-state index contributed by atoms with van der Waals surface area (Å²) in [5.41, 5.74) is 7.57. The lowest BCUT2D eigenvalue weighted by Gasteiger charge is -2.62. The molecule has 5 N–H and O–H groups in total. The predicted molar refractivity (Wildman–Crippen MR) is 118 cm³/mol. The van der Waals surface area contributed by atoms with Gasteiger partial charge < -0.3 is 21.3 Å². The third kappa shape index (κ3) is 3.81. The van der Waals surface area contributed by atoms with Crippen LogP contribution in [0.2, 0.25) is 0 Å². The van der Waals surface area contributed by atoms with E-state index in [4.69, 9.17) is 10.8 Å². The van der Waals surface area contributed by atoms with Gasteiger partial charge in [0.2, 0.25) is 0 Å². The number of aliphatic hydroxyl groups is 2. The van der Waals surface area contributed by atoms with Crippen molar-refractivity contribution in [2.75, 3.05) is 19.7 Å². The Morgan fingerprint density at radius 2 is 1.79 bits per heavy atom. The summed E-state index contributed by atoms with van der Waals surface area (Å²) in [6, 6.07) is 0.274. The highest BCUT2D eigenvalue weighted by Crippen LogP contribution is 2.67. The molecule has 0 heterocycles. The van der Waals surface area contributed by atoms with Crippen molar-refractivity contribution >= 4 is 0 Å². The highest BCUT2D eigenvalue weighted by atomic mass is 16.3. The van der Waals surface area contributed by atoms with Crippen LogP contribution in [0.25, 0.3) is 0 Å². The van der Waals surface area contributed by atoms with E-state index in [1.807, 2.05) is 0 Å². The number of hydrogen-bond donors (Lipinski definition) is 4. The Morgan fingerprint density at radius 1 is 1.00 bits per heavy atom. The Labute approximate surface area is 178 Å². The fraction of sp³-hybridized carbons (Fsp3) is 1.00. The molecule has 168 valence electrons. The van der Waals surface area contributed by atoms with Crippen LogP contribution in [0.5, 0.6) is 0 Å². The molecule has 4 aliphatic carbocycles. The Hall–Kier alpha value is -0.160. The van der Waals surface area contributed by atoms with E-state index >= 15 is 0 Å². The third-order valence-electron chi connectivity index (χ3n) is 10.4.